The number of halogens is 2. The molecule has 36 heavy (non-hydrogen) atoms. The first-order valence-corrected chi connectivity index (χ1v) is 13.3. The summed E-state index contributed by atoms with van der Waals surface area (Å²) in [7, 11) is 0. The smallest absolute Gasteiger partial charge is 0.253 e. The molecule has 0 saturated carbocycles. The molecule has 8 heteroatoms. The van der Waals surface area contributed by atoms with Crippen LogP contribution in [-0.4, -0.2) is 48.1 Å². The Bertz CT molecular complexity index is 1230. The maximum absolute atomic E-state index is 13.7. The van der Waals surface area contributed by atoms with Crippen molar-refractivity contribution in [1.82, 2.24) is 9.80 Å². The van der Waals surface area contributed by atoms with Gasteiger partial charge in [0.2, 0.25) is 0 Å². The Morgan fingerprint density at radius 1 is 1.11 bits per heavy atom. The molecule has 0 aliphatic carbocycles. The molecule has 0 spiro atoms. The summed E-state index contributed by atoms with van der Waals surface area (Å²) >= 11 is 7.30. The summed E-state index contributed by atoms with van der Waals surface area (Å²) in [5.74, 6) is -0.370. The van der Waals surface area contributed by atoms with Crippen LogP contribution in [-0.2, 0) is 13.0 Å². The molecule has 3 aromatic rings. The SMILES string of the molecule is CC=Nc1c(CC)cccc1SNc1ccc(C(=O)N2CCN(Cc3ccc(Cl)c(F)c3)CC2)cc1. The Morgan fingerprint density at radius 3 is 2.53 bits per heavy atom. The van der Waals surface area contributed by atoms with Crippen molar-refractivity contribution >= 4 is 47.0 Å². The van der Waals surface area contributed by atoms with Gasteiger partial charge in [0.1, 0.15) is 5.82 Å². The molecule has 1 aliphatic rings. The fraction of sp³-hybridized carbons (Fsp3) is 0.286. The minimum atomic E-state index is -0.399. The highest BCUT2D eigenvalue weighted by Gasteiger charge is 2.22. The standard InChI is InChI=1S/C28H30ClFN4OS/c1-3-21-6-5-7-26(27(21)31-4-2)36-32-23-11-9-22(10-12-23)28(35)34-16-14-33(15-17-34)19-20-8-13-24(29)25(30)18-20/h4-13,18,32H,3,14-17,19H2,1-2H3. The summed E-state index contributed by atoms with van der Waals surface area (Å²) in [6.07, 6.45) is 2.74. The van der Waals surface area contributed by atoms with E-state index in [9.17, 15) is 9.18 Å². The second-order valence-corrected chi connectivity index (χ2v) is 9.86. The number of rotatable bonds is 8. The van der Waals surface area contributed by atoms with Crippen LogP contribution in [0.25, 0.3) is 0 Å². The van der Waals surface area contributed by atoms with E-state index in [-0.39, 0.29) is 10.9 Å². The molecule has 1 saturated heterocycles. The van der Waals surface area contributed by atoms with E-state index in [0.717, 1.165) is 41.3 Å². The van der Waals surface area contributed by atoms with Crippen molar-refractivity contribution < 1.29 is 9.18 Å². The first-order chi connectivity index (χ1) is 17.5. The lowest BCUT2D eigenvalue weighted by Gasteiger charge is -2.34. The number of aryl methyl sites for hydroxylation is 1. The number of nitrogens with zero attached hydrogens (tertiary/aromatic N) is 3. The summed E-state index contributed by atoms with van der Waals surface area (Å²) in [6.45, 7) is 7.45. The highest BCUT2D eigenvalue weighted by atomic mass is 35.5. The zero-order valence-corrected chi connectivity index (χ0v) is 22.1. The van der Waals surface area contributed by atoms with E-state index in [2.05, 4.69) is 33.7 Å². The third-order valence-electron chi connectivity index (χ3n) is 6.18. The Labute approximate surface area is 221 Å². The largest absolute Gasteiger partial charge is 0.336 e. The average Bonchev–Trinajstić information content (AvgIpc) is 2.90. The molecule has 1 fully saturated rings. The maximum atomic E-state index is 13.7. The van der Waals surface area contributed by atoms with Crippen LogP contribution in [0.3, 0.4) is 0 Å². The van der Waals surface area contributed by atoms with Gasteiger partial charge in [-0.15, -0.1) is 0 Å². The zero-order valence-electron chi connectivity index (χ0n) is 20.5. The van der Waals surface area contributed by atoms with Crippen LogP contribution in [0.5, 0.6) is 0 Å². The molecule has 5 nitrogen and oxygen atoms in total. The number of hydrogen-bond donors (Lipinski definition) is 1. The summed E-state index contributed by atoms with van der Waals surface area (Å²) in [5.41, 5.74) is 4.68. The zero-order chi connectivity index (χ0) is 25.5. The van der Waals surface area contributed by atoms with Gasteiger partial charge in [-0.2, -0.15) is 0 Å². The lowest BCUT2D eigenvalue weighted by atomic mass is 10.1. The molecule has 0 bridgehead atoms. The fourth-order valence-corrected chi connectivity index (χ4v) is 5.10. The third kappa shape index (κ3) is 6.46. The summed E-state index contributed by atoms with van der Waals surface area (Å²) < 4.78 is 17.1. The van der Waals surface area contributed by atoms with E-state index < -0.39 is 5.82 Å². The predicted octanol–water partition coefficient (Wildman–Crippen LogP) is 6.84. The van der Waals surface area contributed by atoms with Gasteiger partial charge in [0, 0.05) is 50.2 Å². The summed E-state index contributed by atoms with van der Waals surface area (Å²) in [4.78, 5) is 22.7. The fourth-order valence-electron chi connectivity index (χ4n) is 4.19. The predicted molar refractivity (Wildman–Crippen MR) is 148 cm³/mol. The van der Waals surface area contributed by atoms with Crippen molar-refractivity contribution in [3.05, 3.63) is 88.2 Å². The summed E-state index contributed by atoms with van der Waals surface area (Å²) in [5, 5.41) is 0.134. The lowest BCUT2D eigenvalue weighted by molar-refractivity contribution is 0.0628. The monoisotopic (exact) mass is 524 g/mol. The van der Waals surface area contributed by atoms with E-state index in [0.29, 0.717) is 25.2 Å². The van der Waals surface area contributed by atoms with Gasteiger partial charge < -0.3 is 9.62 Å². The molecule has 4 rings (SSSR count). The average molecular weight is 525 g/mol. The number of nitrogens with one attached hydrogen (secondary N) is 1. The van der Waals surface area contributed by atoms with Crippen molar-refractivity contribution in [3.63, 3.8) is 0 Å². The number of carbonyl (C=O) groups excluding carboxylic acids is 1. The van der Waals surface area contributed by atoms with Crippen molar-refractivity contribution in [2.75, 3.05) is 30.9 Å². The number of carbonyl (C=O) groups is 1. The molecular weight excluding hydrogens is 495 g/mol. The van der Waals surface area contributed by atoms with E-state index in [1.54, 1.807) is 6.07 Å². The Hall–Kier alpha value is -2.87. The molecule has 1 heterocycles. The van der Waals surface area contributed by atoms with Crippen molar-refractivity contribution in [3.8, 4) is 0 Å². The third-order valence-corrected chi connectivity index (χ3v) is 7.38. The minimum Gasteiger partial charge on any atom is -0.336 e. The van der Waals surface area contributed by atoms with Gasteiger partial charge in [-0.1, -0.05) is 36.7 Å². The number of amides is 1. The second kappa shape index (κ2) is 12.4. The van der Waals surface area contributed by atoms with Crippen LogP contribution in [0.4, 0.5) is 15.8 Å². The molecule has 0 atom stereocenters. The Kier molecular flexibility index (Phi) is 9.02. The molecular formula is C28H30ClFN4OS. The van der Waals surface area contributed by atoms with Crippen LogP contribution in [0, 0.1) is 5.82 Å². The van der Waals surface area contributed by atoms with Crippen LogP contribution >= 0.6 is 23.5 Å². The van der Waals surface area contributed by atoms with Crippen LogP contribution in [0.15, 0.2) is 70.6 Å². The van der Waals surface area contributed by atoms with Crippen molar-refractivity contribution in [2.45, 2.75) is 31.7 Å². The maximum Gasteiger partial charge on any atom is 0.253 e. The molecule has 188 valence electrons. The molecule has 0 unspecified atom stereocenters. The van der Waals surface area contributed by atoms with E-state index in [4.69, 9.17) is 11.6 Å². The van der Waals surface area contributed by atoms with Crippen LogP contribution in [0.1, 0.15) is 35.3 Å². The van der Waals surface area contributed by atoms with Crippen molar-refractivity contribution in [1.29, 1.82) is 0 Å². The van der Waals surface area contributed by atoms with Gasteiger partial charge in [0.15, 0.2) is 0 Å². The van der Waals surface area contributed by atoms with Crippen molar-refractivity contribution in [2.24, 2.45) is 4.99 Å². The number of anilines is 1. The normalized spacial score (nSPS) is 14.4. The lowest BCUT2D eigenvalue weighted by Crippen LogP contribution is -2.48. The van der Waals surface area contributed by atoms with Crippen LogP contribution < -0.4 is 4.72 Å². The van der Waals surface area contributed by atoms with Gasteiger partial charge in [-0.05, 0) is 78.9 Å². The number of piperazine rings is 1. The topological polar surface area (TPSA) is 47.9 Å². The van der Waals surface area contributed by atoms with E-state index >= 15 is 0 Å². The molecule has 3 aromatic carbocycles. The first-order valence-electron chi connectivity index (χ1n) is 12.1. The molecule has 0 aromatic heterocycles. The van der Waals surface area contributed by atoms with Crippen LogP contribution in [0.2, 0.25) is 5.02 Å². The number of benzene rings is 3. The molecule has 1 N–H and O–H groups in total. The van der Waals surface area contributed by atoms with Gasteiger partial charge in [-0.3, -0.25) is 14.7 Å². The summed E-state index contributed by atoms with van der Waals surface area (Å²) in [6, 6.07) is 18.7. The second-order valence-electron chi connectivity index (χ2n) is 8.60. The highest BCUT2D eigenvalue weighted by molar-refractivity contribution is 8.00. The molecule has 1 amide bonds. The van der Waals surface area contributed by atoms with Gasteiger partial charge >= 0.3 is 0 Å². The van der Waals surface area contributed by atoms with Gasteiger partial charge in [0.25, 0.3) is 5.91 Å². The molecule has 0 radical (unpaired) electrons. The van der Waals surface area contributed by atoms with Gasteiger partial charge in [-0.25, -0.2) is 4.39 Å². The quantitative estimate of drug-likeness (QED) is 0.259. The first kappa shape index (κ1) is 26.2. The number of aliphatic imine (C=N–C) groups is 1. The molecule has 1 aliphatic heterocycles. The van der Waals surface area contributed by atoms with E-state index in [1.807, 2.05) is 54.4 Å². The number of hydrogen-bond acceptors (Lipinski definition) is 5. The highest BCUT2D eigenvalue weighted by Crippen LogP contribution is 2.33. The van der Waals surface area contributed by atoms with Gasteiger partial charge in [0.05, 0.1) is 15.6 Å². The van der Waals surface area contributed by atoms with E-state index in [1.165, 1.54) is 23.6 Å². The minimum absolute atomic E-state index is 0.0293. The Morgan fingerprint density at radius 2 is 1.86 bits per heavy atom. The number of para-hydroxylation sites is 1. The Balaban J connectivity index is 1.31.